The summed E-state index contributed by atoms with van der Waals surface area (Å²) in [6.07, 6.45) is 0.321. The minimum atomic E-state index is -2.70. The molecule has 0 bridgehead atoms. The average molecular weight is 675 g/mol. The van der Waals surface area contributed by atoms with Gasteiger partial charge in [0.25, 0.3) is 8.32 Å². The van der Waals surface area contributed by atoms with E-state index in [1.807, 2.05) is 6.07 Å². The van der Waals surface area contributed by atoms with E-state index in [2.05, 4.69) is 141 Å². The van der Waals surface area contributed by atoms with E-state index >= 15 is 0 Å². The predicted molar refractivity (Wildman–Crippen MR) is 197 cm³/mol. The number of ether oxygens (including phenoxy) is 2. The fourth-order valence-electron chi connectivity index (χ4n) is 8.79. The Morgan fingerprint density at radius 1 is 0.787 bits per heavy atom. The number of hydrogen-bond donors (Lipinski definition) is 1. The van der Waals surface area contributed by atoms with Gasteiger partial charge in [0.05, 0.1) is 18.8 Å². The smallest absolute Gasteiger partial charge is 0.261 e. The normalized spacial score (nSPS) is 23.9. The fraction of sp³-hybridized carbons (Fsp3) is 0.550. The summed E-state index contributed by atoms with van der Waals surface area (Å²) >= 11 is 0. The molecular formula is C40H58O5Si2. The lowest BCUT2D eigenvalue weighted by Gasteiger charge is -2.53. The summed E-state index contributed by atoms with van der Waals surface area (Å²) in [4.78, 5) is 0. The van der Waals surface area contributed by atoms with Crippen molar-refractivity contribution < 1.29 is 23.4 Å². The molecule has 1 spiro atoms. The van der Waals surface area contributed by atoms with Crippen molar-refractivity contribution in [2.75, 3.05) is 6.61 Å². The van der Waals surface area contributed by atoms with Crippen LogP contribution in [0, 0.1) is 0 Å². The molecule has 1 N–H and O–H groups in total. The maximum atomic E-state index is 12.2. The molecule has 3 aromatic carbocycles. The first-order chi connectivity index (χ1) is 22.3. The second-order valence-corrected chi connectivity index (χ2v) is 25.5. The van der Waals surface area contributed by atoms with Gasteiger partial charge in [0, 0.05) is 19.4 Å². The van der Waals surface area contributed by atoms with Crippen molar-refractivity contribution in [2.24, 2.45) is 0 Å². The molecular weight excluding hydrogens is 617 g/mol. The molecule has 256 valence electrons. The van der Waals surface area contributed by atoms with Gasteiger partial charge in [-0.05, 0) is 49.6 Å². The number of aliphatic hydroxyl groups is 1. The Hall–Kier alpha value is -2.11. The highest BCUT2D eigenvalue weighted by Gasteiger charge is 2.57. The van der Waals surface area contributed by atoms with E-state index in [4.69, 9.17) is 18.3 Å². The topological polar surface area (TPSA) is 57.2 Å². The quantitative estimate of drug-likeness (QED) is 0.208. The third-order valence-electron chi connectivity index (χ3n) is 10.9. The number of hydrogen-bond acceptors (Lipinski definition) is 5. The molecule has 0 saturated carbocycles. The third-order valence-corrected chi connectivity index (χ3v) is 22.1. The predicted octanol–water partition coefficient (Wildman–Crippen LogP) is 8.13. The lowest BCUT2D eigenvalue weighted by Crippen LogP contribution is -2.67. The summed E-state index contributed by atoms with van der Waals surface area (Å²) in [6, 6.07) is 29.9. The van der Waals surface area contributed by atoms with Gasteiger partial charge in [0.2, 0.25) is 14.1 Å². The van der Waals surface area contributed by atoms with Gasteiger partial charge in [-0.1, -0.05) is 147 Å². The molecule has 1 fully saturated rings. The van der Waals surface area contributed by atoms with Crippen LogP contribution < -0.4 is 10.4 Å². The van der Waals surface area contributed by atoms with Crippen molar-refractivity contribution in [1.82, 2.24) is 0 Å². The van der Waals surface area contributed by atoms with Crippen molar-refractivity contribution in [2.45, 2.75) is 134 Å². The van der Waals surface area contributed by atoms with Crippen LogP contribution >= 0.6 is 0 Å². The average Bonchev–Trinajstić information content (AvgIpc) is 3.03. The summed E-state index contributed by atoms with van der Waals surface area (Å²) in [5.41, 5.74) is 3.52. The van der Waals surface area contributed by atoms with Gasteiger partial charge in [-0.25, -0.2) is 0 Å². The number of aliphatic hydroxyl groups excluding tert-OH is 1. The Labute approximate surface area is 286 Å². The summed E-state index contributed by atoms with van der Waals surface area (Å²) in [5, 5.41) is 14.6. The number of fused-ring (bicyclic) bond motifs is 1. The molecule has 0 aromatic heterocycles. The van der Waals surface area contributed by atoms with E-state index in [0.29, 0.717) is 49.1 Å². The van der Waals surface area contributed by atoms with Gasteiger partial charge in [-0.3, -0.25) is 0 Å². The molecule has 2 aliphatic heterocycles. The van der Waals surface area contributed by atoms with Gasteiger partial charge < -0.3 is 23.4 Å². The van der Waals surface area contributed by atoms with Gasteiger partial charge in [0.1, 0.15) is 6.10 Å². The molecule has 2 heterocycles. The molecule has 1 saturated heterocycles. The van der Waals surface area contributed by atoms with Crippen LogP contribution in [0.2, 0.25) is 21.7 Å². The molecule has 5 nitrogen and oxygen atoms in total. The Kier molecular flexibility index (Phi) is 11.1. The second kappa shape index (κ2) is 14.4. The molecule has 0 unspecified atom stereocenters. The van der Waals surface area contributed by atoms with Gasteiger partial charge in [-0.15, -0.1) is 0 Å². The standard InChI is InChI=1S/C40H58O5Si2/c1-29(2)46(30(3)4,31(5)6)45-37-26-34(44-40(38(37)41)27-32-18-16-17-19-33(32)28-42-40)24-25-43-47(39(7,8)9,35-20-12-10-13-21-35)36-22-14-11-15-23-36/h10-23,29-31,34,37-38,41H,24-28H2,1-9H3/t34-,37+,38-,40+/m1/s1. The molecule has 7 heteroatoms. The highest BCUT2D eigenvalue weighted by Crippen LogP contribution is 2.47. The van der Waals surface area contributed by atoms with Crippen molar-refractivity contribution in [3.05, 3.63) is 96.1 Å². The zero-order chi connectivity index (χ0) is 34.0. The highest BCUT2D eigenvalue weighted by molar-refractivity contribution is 6.99. The van der Waals surface area contributed by atoms with Crippen LogP contribution in [0.15, 0.2) is 84.9 Å². The minimum Gasteiger partial charge on any atom is -0.410 e. The summed E-state index contributed by atoms with van der Waals surface area (Å²) in [6.45, 7) is 21.7. The van der Waals surface area contributed by atoms with E-state index < -0.39 is 28.5 Å². The summed E-state index contributed by atoms with van der Waals surface area (Å²) in [7, 11) is -5.01. The van der Waals surface area contributed by atoms with Crippen molar-refractivity contribution in [3.8, 4) is 0 Å². The molecule has 47 heavy (non-hydrogen) atoms. The molecule has 3 aromatic rings. The third kappa shape index (κ3) is 6.87. The molecule has 2 aliphatic rings. The first-order valence-electron chi connectivity index (χ1n) is 17.8. The maximum Gasteiger partial charge on any atom is 0.261 e. The lowest BCUT2D eigenvalue weighted by molar-refractivity contribution is -0.347. The van der Waals surface area contributed by atoms with Gasteiger partial charge in [0.15, 0.2) is 0 Å². The van der Waals surface area contributed by atoms with E-state index in [1.165, 1.54) is 15.9 Å². The van der Waals surface area contributed by atoms with Crippen molar-refractivity contribution >= 4 is 27.0 Å². The highest BCUT2D eigenvalue weighted by atomic mass is 28.4. The van der Waals surface area contributed by atoms with Crippen LogP contribution in [-0.4, -0.2) is 52.4 Å². The molecule has 0 amide bonds. The zero-order valence-electron chi connectivity index (χ0n) is 30.2. The monoisotopic (exact) mass is 674 g/mol. The van der Waals surface area contributed by atoms with E-state index in [-0.39, 0.29) is 17.2 Å². The SMILES string of the molecule is CC(C)[Si](O[C@H]1C[C@@H](CCO[Si](c2ccccc2)(c2ccccc2)C(C)(C)C)O[C@@]2(Cc3ccccc3CO2)[C@@H]1O)(C(C)C)C(C)C. The lowest BCUT2D eigenvalue weighted by atomic mass is 9.86. The molecule has 0 aliphatic carbocycles. The van der Waals surface area contributed by atoms with Crippen molar-refractivity contribution in [1.29, 1.82) is 0 Å². The Bertz CT molecular complexity index is 1380. The zero-order valence-corrected chi connectivity index (χ0v) is 32.2. The second-order valence-electron chi connectivity index (χ2n) is 15.7. The molecule has 0 radical (unpaired) electrons. The molecule has 4 atom stereocenters. The summed E-state index contributed by atoms with van der Waals surface area (Å²) < 4.78 is 28.2. The van der Waals surface area contributed by atoms with Crippen LogP contribution in [-0.2, 0) is 31.4 Å². The number of rotatable bonds is 11. The minimum absolute atomic E-state index is 0.112. The van der Waals surface area contributed by atoms with Gasteiger partial charge in [-0.2, -0.15) is 0 Å². The van der Waals surface area contributed by atoms with Crippen LogP contribution in [0.1, 0.15) is 86.3 Å². The van der Waals surface area contributed by atoms with E-state index in [0.717, 1.165) is 5.56 Å². The Morgan fingerprint density at radius 2 is 1.30 bits per heavy atom. The van der Waals surface area contributed by atoms with Gasteiger partial charge >= 0.3 is 0 Å². The van der Waals surface area contributed by atoms with Crippen molar-refractivity contribution in [3.63, 3.8) is 0 Å². The number of benzene rings is 3. The Balaban J connectivity index is 1.48. The largest absolute Gasteiger partial charge is 0.410 e. The molecule has 5 rings (SSSR count). The van der Waals surface area contributed by atoms with Crippen LogP contribution in [0.4, 0.5) is 0 Å². The van der Waals surface area contributed by atoms with E-state index in [9.17, 15) is 5.11 Å². The van der Waals surface area contributed by atoms with Crippen LogP contribution in [0.3, 0.4) is 0 Å². The summed E-state index contributed by atoms with van der Waals surface area (Å²) in [5.74, 6) is -1.16. The van der Waals surface area contributed by atoms with Crippen LogP contribution in [0.25, 0.3) is 0 Å². The van der Waals surface area contributed by atoms with Crippen LogP contribution in [0.5, 0.6) is 0 Å². The first kappa shape index (κ1) is 36.2. The Morgan fingerprint density at radius 3 is 1.81 bits per heavy atom. The maximum absolute atomic E-state index is 12.2. The fourth-order valence-corrected chi connectivity index (χ4v) is 18.9. The van der Waals surface area contributed by atoms with E-state index in [1.54, 1.807) is 0 Å². The first-order valence-corrected chi connectivity index (χ1v) is 21.8.